The fraction of sp³-hybridized carbons (Fsp3) is 0.118. The van der Waals surface area contributed by atoms with Crippen LogP contribution in [0.25, 0.3) is 9.88 Å². The summed E-state index contributed by atoms with van der Waals surface area (Å²) in [5.74, 6) is -1.21. The van der Waals surface area contributed by atoms with Crippen LogP contribution in [0.2, 0.25) is 0 Å². The van der Waals surface area contributed by atoms with E-state index in [1.165, 1.54) is 36.5 Å². The monoisotopic (exact) mass is 375 g/mol. The third kappa shape index (κ3) is 4.49. The van der Waals surface area contributed by atoms with Gasteiger partial charge in [-0.2, -0.15) is 0 Å². The predicted molar refractivity (Wildman–Crippen MR) is 98.5 cm³/mol. The van der Waals surface area contributed by atoms with Crippen LogP contribution >= 0.6 is 22.7 Å². The number of benzene rings is 1. The molecule has 0 atom stereocenters. The second kappa shape index (κ2) is 7.54. The predicted octanol–water partition coefficient (Wildman–Crippen LogP) is 4.15. The molecule has 0 bridgehead atoms. The molecule has 5 nitrogen and oxygen atoms in total. The number of rotatable bonds is 5. The summed E-state index contributed by atoms with van der Waals surface area (Å²) in [7, 11) is 0. The molecule has 1 aromatic carbocycles. The van der Waals surface area contributed by atoms with Crippen LogP contribution in [0.1, 0.15) is 12.6 Å². The highest BCUT2D eigenvalue weighted by Gasteiger charge is 2.11. The zero-order valence-electron chi connectivity index (χ0n) is 13.2. The Morgan fingerprint density at radius 1 is 1.20 bits per heavy atom. The molecule has 3 rings (SSSR count). The summed E-state index contributed by atoms with van der Waals surface area (Å²) >= 11 is 3.08. The molecule has 2 N–H and O–H groups in total. The zero-order chi connectivity index (χ0) is 17.8. The lowest BCUT2D eigenvalue weighted by Gasteiger charge is -2.08. The van der Waals surface area contributed by atoms with Gasteiger partial charge in [-0.3, -0.25) is 9.59 Å². The van der Waals surface area contributed by atoms with Crippen LogP contribution in [0.5, 0.6) is 0 Å². The molecule has 8 heteroatoms. The van der Waals surface area contributed by atoms with E-state index in [9.17, 15) is 14.0 Å². The number of anilines is 2. The van der Waals surface area contributed by atoms with Crippen LogP contribution in [-0.4, -0.2) is 16.8 Å². The van der Waals surface area contributed by atoms with Crippen molar-refractivity contribution in [3.05, 3.63) is 52.6 Å². The van der Waals surface area contributed by atoms with Crippen LogP contribution in [0.4, 0.5) is 15.8 Å². The lowest BCUT2D eigenvalue weighted by atomic mass is 10.2. The molecule has 0 aliphatic heterocycles. The normalized spacial score (nSPS) is 10.5. The van der Waals surface area contributed by atoms with Gasteiger partial charge in [-0.05, 0) is 29.6 Å². The highest BCUT2D eigenvalue weighted by Crippen LogP contribution is 2.28. The van der Waals surface area contributed by atoms with Gasteiger partial charge in [0.15, 0.2) is 0 Å². The topological polar surface area (TPSA) is 71.1 Å². The van der Waals surface area contributed by atoms with E-state index in [4.69, 9.17) is 0 Å². The van der Waals surface area contributed by atoms with E-state index in [0.29, 0.717) is 11.4 Å². The Kier molecular flexibility index (Phi) is 5.20. The molecule has 25 heavy (non-hydrogen) atoms. The van der Waals surface area contributed by atoms with Crippen molar-refractivity contribution in [3.63, 3.8) is 0 Å². The summed E-state index contributed by atoms with van der Waals surface area (Å²) in [6.07, 6.45) is 0.120. The number of aromatic nitrogens is 1. The summed E-state index contributed by atoms with van der Waals surface area (Å²) in [4.78, 5) is 28.8. The van der Waals surface area contributed by atoms with Crippen LogP contribution in [0, 0.1) is 5.82 Å². The molecule has 0 fully saturated rings. The molecule has 0 radical (unpaired) electrons. The Morgan fingerprint density at radius 3 is 2.76 bits per heavy atom. The van der Waals surface area contributed by atoms with Crippen molar-refractivity contribution in [2.45, 2.75) is 13.3 Å². The van der Waals surface area contributed by atoms with Crippen molar-refractivity contribution >= 4 is 45.9 Å². The lowest BCUT2D eigenvalue weighted by Crippen LogP contribution is -2.15. The quantitative estimate of drug-likeness (QED) is 0.704. The van der Waals surface area contributed by atoms with Crippen molar-refractivity contribution < 1.29 is 14.0 Å². The van der Waals surface area contributed by atoms with E-state index in [0.717, 1.165) is 9.88 Å². The molecule has 0 unspecified atom stereocenters. The Balaban J connectivity index is 1.66. The maximum Gasteiger partial charge on any atom is 0.230 e. The maximum atomic E-state index is 13.6. The molecule has 0 aliphatic rings. The average Bonchev–Trinajstić information content (AvgIpc) is 3.21. The van der Waals surface area contributed by atoms with Crippen LogP contribution in [0.15, 0.2) is 41.1 Å². The SMILES string of the molecule is CC(=O)Nc1cc(NC(=O)Cc2csc(-c3cccs3)n2)ccc1F. The van der Waals surface area contributed by atoms with Crippen molar-refractivity contribution in [1.29, 1.82) is 0 Å². The minimum atomic E-state index is -0.562. The fourth-order valence-corrected chi connectivity index (χ4v) is 3.79. The number of hydrogen-bond donors (Lipinski definition) is 2. The average molecular weight is 375 g/mol. The van der Waals surface area contributed by atoms with E-state index in [1.807, 2.05) is 22.9 Å². The van der Waals surface area contributed by atoms with Gasteiger partial charge in [0.2, 0.25) is 11.8 Å². The Labute approximate surface area is 151 Å². The molecule has 0 saturated heterocycles. The third-order valence-electron chi connectivity index (χ3n) is 3.19. The smallest absolute Gasteiger partial charge is 0.230 e. The van der Waals surface area contributed by atoms with Gasteiger partial charge >= 0.3 is 0 Å². The second-order valence-electron chi connectivity index (χ2n) is 5.22. The minimum absolute atomic E-state index is 0.0268. The number of halogens is 1. The van der Waals surface area contributed by atoms with E-state index in [2.05, 4.69) is 15.6 Å². The Bertz CT molecular complexity index is 907. The first-order chi connectivity index (χ1) is 12.0. The molecule has 2 amide bonds. The number of hydrogen-bond acceptors (Lipinski definition) is 5. The van der Waals surface area contributed by atoms with Crippen LogP contribution < -0.4 is 10.6 Å². The first-order valence-electron chi connectivity index (χ1n) is 7.36. The first kappa shape index (κ1) is 17.2. The lowest BCUT2D eigenvalue weighted by molar-refractivity contribution is -0.116. The number of amides is 2. The van der Waals surface area contributed by atoms with Gasteiger partial charge in [0.05, 0.1) is 22.7 Å². The molecule has 128 valence electrons. The van der Waals surface area contributed by atoms with Gasteiger partial charge in [-0.15, -0.1) is 22.7 Å². The number of nitrogens with one attached hydrogen (secondary N) is 2. The summed E-state index contributed by atoms with van der Waals surface area (Å²) in [6.45, 7) is 1.29. The van der Waals surface area contributed by atoms with Gasteiger partial charge in [0, 0.05) is 18.0 Å². The number of nitrogens with zero attached hydrogens (tertiary/aromatic N) is 1. The fourth-order valence-electron chi connectivity index (χ4n) is 2.16. The van der Waals surface area contributed by atoms with E-state index >= 15 is 0 Å². The van der Waals surface area contributed by atoms with Gasteiger partial charge in [0.25, 0.3) is 0 Å². The van der Waals surface area contributed by atoms with Gasteiger partial charge in [-0.25, -0.2) is 9.37 Å². The van der Waals surface area contributed by atoms with Crippen LogP contribution in [-0.2, 0) is 16.0 Å². The number of carbonyl (C=O) groups is 2. The van der Waals surface area contributed by atoms with E-state index < -0.39 is 5.82 Å². The molecular formula is C17H14FN3O2S2. The highest BCUT2D eigenvalue weighted by atomic mass is 32.1. The molecule has 0 aliphatic carbocycles. The van der Waals surface area contributed by atoms with Crippen molar-refractivity contribution in [1.82, 2.24) is 4.98 Å². The van der Waals surface area contributed by atoms with E-state index in [1.54, 1.807) is 11.3 Å². The number of thiazole rings is 1. The summed E-state index contributed by atoms with van der Waals surface area (Å²) in [5, 5.41) is 9.77. The Morgan fingerprint density at radius 2 is 2.04 bits per heavy atom. The number of thiophene rings is 1. The van der Waals surface area contributed by atoms with Gasteiger partial charge < -0.3 is 10.6 Å². The van der Waals surface area contributed by atoms with Crippen LogP contribution in [0.3, 0.4) is 0 Å². The standard InChI is InChI=1S/C17H14FN3O2S2/c1-10(22)19-14-7-11(4-5-13(14)18)20-16(23)8-12-9-25-17(21-12)15-3-2-6-24-15/h2-7,9H,8H2,1H3,(H,19,22)(H,20,23). The molecule has 0 spiro atoms. The summed E-state index contributed by atoms with van der Waals surface area (Å²) in [5.41, 5.74) is 1.11. The van der Waals surface area contributed by atoms with E-state index in [-0.39, 0.29) is 23.9 Å². The number of carbonyl (C=O) groups excluding carboxylic acids is 2. The zero-order valence-corrected chi connectivity index (χ0v) is 14.8. The van der Waals surface area contributed by atoms with Gasteiger partial charge in [0.1, 0.15) is 10.8 Å². The second-order valence-corrected chi connectivity index (χ2v) is 7.03. The molecule has 0 saturated carbocycles. The summed E-state index contributed by atoms with van der Waals surface area (Å²) < 4.78 is 13.6. The molecule has 2 heterocycles. The largest absolute Gasteiger partial charge is 0.326 e. The van der Waals surface area contributed by atoms with Crippen molar-refractivity contribution in [2.24, 2.45) is 0 Å². The van der Waals surface area contributed by atoms with Gasteiger partial charge in [-0.1, -0.05) is 6.07 Å². The molecule has 2 aromatic heterocycles. The third-order valence-corrected chi connectivity index (χ3v) is 5.12. The molecular weight excluding hydrogens is 361 g/mol. The Hall–Kier alpha value is -2.58. The first-order valence-corrected chi connectivity index (χ1v) is 9.12. The highest BCUT2D eigenvalue weighted by molar-refractivity contribution is 7.20. The molecule has 3 aromatic rings. The van der Waals surface area contributed by atoms with Crippen molar-refractivity contribution in [2.75, 3.05) is 10.6 Å². The maximum absolute atomic E-state index is 13.6. The minimum Gasteiger partial charge on any atom is -0.326 e. The van der Waals surface area contributed by atoms with Crippen molar-refractivity contribution in [3.8, 4) is 9.88 Å². The summed E-state index contributed by atoms with van der Waals surface area (Å²) in [6, 6.07) is 7.95.